The summed E-state index contributed by atoms with van der Waals surface area (Å²) >= 11 is 0. The number of hydrogen-bond acceptors (Lipinski definition) is 5. The molecule has 0 aromatic heterocycles. The van der Waals surface area contributed by atoms with E-state index in [-0.39, 0.29) is 36.9 Å². The maximum Gasteiger partial charge on any atom is 0.314 e. The number of carbonyl (C=O) groups is 2. The number of esters is 2. The highest BCUT2D eigenvalue weighted by molar-refractivity contribution is 5.72. The second-order valence-corrected chi connectivity index (χ2v) is 9.85. The van der Waals surface area contributed by atoms with Crippen LogP contribution in [-0.4, -0.2) is 29.8 Å². The van der Waals surface area contributed by atoms with Gasteiger partial charge in [0.2, 0.25) is 0 Å². The van der Waals surface area contributed by atoms with Crippen molar-refractivity contribution in [2.45, 2.75) is 85.7 Å². The van der Waals surface area contributed by atoms with Crippen LogP contribution >= 0.6 is 0 Å². The van der Waals surface area contributed by atoms with Crippen molar-refractivity contribution in [2.24, 2.45) is 29.1 Å². The quantitative estimate of drug-likeness (QED) is 0.292. The molecule has 180 valence electrons. The second-order valence-electron chi connectivity index (χ2n) is 9.85. The molecule has 2 saturated carbocycles. The predicted octanol–water partition coefficient (Wildman–Crippen LogP) is 5.74. The van der Waals surface area contributed by atoms with Crippen LogP contribution in [0.3, 0.4) is 0 Å². The first-order chi connectivity index (χ1) is 15.1. The van der Waals surface area contributed by atoms with E-state index < -0.39 is 5.97 Å². The molecule has 0 aromatic carbocycles. The molecule has 2 fully saturated rings. The molecule has 0 bridgehead atoms. The number of hydrogen-bond donors (Lipinski definition) is 1. The van der Waals surface area contributed by atoms with Gasteiger partial charge in [-0.05, 0) is 73.8 Å². The third-order valence-corrected chi connectivity index (χ3v) is 8.05. The summed E-state index contributed by atoms with van der Waals surface area (Å²) in [6.45, 7) is 14.3. The maximum absolute atomic E-state index is 12.1. The highest BCUT2D eigenvalue weighted by atomic mass is 16.5. The first-order valence-electron chi connectivity index (χ1n) is 12.2. The van der Waals surface area contributed by atoms with Gasteiger partial charge in [0.25, 0.3) is 0 Å². The molecule has 0 aliphatic heterocycles. The molecule has 0 heterocycles. The topological polar surface area (TPSA) is 72.8 Å². The number of allylic oxidation sites excluding steroid dienone is 4. The monoisotopic (exact) mass is 446 g/mol. The van der Waals surface area contributed by atoms with E-state index in [4.69, 9.17) is 9.47 Å². The van der Waals surface area contributed by atoms with Crippen LogP contribution < -0.4 is 0 Å². The zero-order valence-corrected chi connectivity index (χ0v) is 20.6. The molecule has 0 spiro atoms. The molecule has 6 atom stereocenters. The maximum atomic E-state index is 12.1. The second kappa shape index (κ2) is 11.8. The van der Waals surface area contributed by atoms with Gasteiger partial charge >= 0.3 is 11.9 Å². The van der Waals surface area contributed by atoms with Gasteiger partial charge in [0.1, 0.15) is 12.4 Å². The van der Waals surface area contributed by atoms with Crippen molar-refractivity contribution in [1.29, 1.82) is 0 Å². The lowest BCUT2D eigenvalue weighted by Gasteiger charge is -2.50. The van der Waals surface area contributed by atoms with E-state index in [1.165, 1.54) is 18.4 Å². The molecule has 6 unspecified atom stereocenters. The summed E-state index contributed by atoms with van der Waals surface area (Å²) in [4.78, 5) is 23.3. The van der Waals surface area contributed by atoms with Crippen LogP contribution in [0.4, 0.5) is 0 Å². The SMILES string of the molecule is C=C/C(=C\C=C1/C(C)CCCC2C1CCC(C)(C(C)O)C2C)OC(=O)CCOC(=O)CC. The van der Waals surface area contributed by atoms with Gasteiger partial charge in [-0.15, -0.1) is 0 Å². The van der Waals surface area contributed by atoms with Crippen molar-refractivity contribution in [2.75, 3.05) is 6.61 Å². The summed E-state index contributed by atoms with van der Waals surface area (Å²) in [5, 5.41) is 10.5. The van der Waals surface area contributed by atoms with Crippen LogP contribution in [0.2, 0.25) is 0 Å². The molecule has 5 heteroatoms. The number of carbonyl (C=O) groups excluding carboxylic acids is 2. The first kappa shape index (κ1) is 26.4. The van der Waals surface area contributed by atoms with Gasteiger partial charge in [-0.2, -0.15) is 0 Å². The summed E-state index contributed by atoms with van der Waals surface area (Å²) < 4.78 is 10.4. The smallest absolute Gasteiger partial charge is 0.314 e. The zero-order valence-electron chi connectivity index (χ0n) is 20.6. The van der Waals surface area contributed by atoms with E-state index in [1.807, 2.05) is 13.0 Å². The van der Waals surface area contributed by atoms with Crippen LogP contribution in [0.25, 0.3) is 0 Å². The average Bonchev–Trinajstić information content (AvgIpc) is 2.92. The fourth-order valence-corrected chi connectivity index (χ4v) is 5.53. The average molecular weight is 447 g/mol. The number of aliphatic hydroxyl groups excluding tert-OH is 1. The molecular formula is C27H42O5. The highest BCUT2D eigenvalue weighted by Gasteiger charge is 2.48. The van der Waals surface area contributed by atoms with E-state index in [0.29, 0.717) is 29.4 Å². The highest BCUT2D eigenvalue weighted by Crippen LogP contribution is 2.54. The van der Waals surface area contributed by atoms with E-state index in [2.05, 4.69) is 33.4 Å². The summed E-state index contributed by atoms with van der Waals surface area (Å²) in [5.41, 5.74) is 1.37. The van der Waals surface area contributed by atoms with Gasteiger partial charge in [-0.3, -0.25) is 9.59 Å². The Hall–Kier alpha value is -1.88. The molecule has 0 saturated heterocycles. The lowest BCUT2D eigenvalue weighted by atomic mass is 9.55. The molecule has 5 nitrogen and oxygen atoms in total. The van der Waals surface area contributed by atoms with Crippen molar-refractivity contribution < 1.29 is 24.2 Å². The van der Waals surface area contributed by atoms with E-state index >= 15 is 0 Å². The normalized spacial score (nSPS) is 33.1. The third kappa shape index (κ3) is 6.34. The van der Waals surface area contributed by atoms with Crippen molar-refractivity contribution in [1.82, 2.24) is 0 Å². The first-order valence-corrected chi connectivity index (χ1v) is 12.2. The van der Waals surface area contributed by atoms with Crippen LogP contribution in [0, 0.1) is 29.1 Å². The number of fused-ring (bicyclic) bond motifs is 1. The Bertz CT molecular complexity index is 734. The van der Waals surface area contributed by atoms with Gasteiger partial charge < -0.3 is 14.6 Å². The van der Waals surface area contributed by atoms with E-state index in [1.54, 1.807) is 13.0 Å². The zero-order chi connectivity index (χ0) is 23.9. The Kier molecular flexibility index (Phi) is 9.75. The van der Waals surface area contributed by atoms with Gasteiger partial charge in [-0.1, -0.05) is 52.3 Å². The molecular weight excluding hydrogens is 404 g/mol. The van der Waals surface area contributed by atoms with Crippen LogP contribution in [0.1, 0.15) is 79.6 Å². The lowest BCUT2D eigenvalue weighted by Crippen LogP contribution is -2.46. The van der Waals surface area contributed by atoms with E-state index in [9.17, 15) is 14.7 Å². The van der Waals surface area contributed by atoms with Gasteiger partial charge in [0.15, 0.2) is 0 Å². The van der Waals surface area contributed by atoms with Crippen LogP contribution in [-0.2, 0) is 19.1 Å². The van der Waals surface area contributed by atoms with Crippen LogP contribution in [0.5, 0.6) is 0 Å². The Morgan fingerprint density at radius 3 is 2.59 bits per heavy atom. The minimum Gasteiger partial charge on any atom is -0.465 e. The Balaban J connectivity index is 2.15. The number of rotatable bonds is 8. The van der Waals surface area contributed by atoms with Crippen molar-refractivity contribution in [3.63, 3.8) is 0 Å². The molecule has 0 amide bonds. The lowest BCUT2D eigenvalue weighted by molar-refractivity contribution is -0.146. The Morgan fingerprint density at radius 1 is 1.25 bits per heavy atom. The van der Waals surface area contributed by atoms with Crippen molar-refractivity contribution >= 4 is 11.9 Å². The molecule has 2 aliphatic rings. The molecule has 0 aromatic rings. The Morgan fingerprint density at radius 2 is 1.97 bits per heavy atom. The molecule has 32 heavy (non-hydrogen) atoms. The Labute approximate surface area is 193 Å². The predicted molar refractivity (Wildman–Crippen MR) is 127 cm³/mol. The molecule has 1 N–H and O–H groups in total. The standard InChI is InChI=1S/C27H42O5/c1-7-21(32-26(30)15-17-31-25(29)8-2)12-13-22-18(3)10-9-11-23-19(4)27(6,20(5)28)16-14-24(22)23/h7,12-13,18-20,23-24,28H,1,8-11,14-17H2,2-6H3/b21-12+,22-13+. The summed E-state index contributed by atoms with van der Waals surface area (Å²) in [6, 6.07) is 0. The largest absolute Gasteiger partial charge is 0.465 e. The van der Waals surface area contributed by atoms with Gasteiger partial charge in [0, 0.05) is 6.42 Å². The summed E-state index contributed by atoms with van der Waals surface area (Å²) in [7, 11) is 0. The minimum absolute atomic E-state index is 0.0179. The molecule has 0 radical (unpaired) electrons. The van der Waals surface area contributed by atoms with Gasteiger partial charge in [0.05, 0.1) is 12.5 Å². The molecule has 2 aliphatic carbocycles. The molecule has 2 rings (SSSR count). The van der Waals surface area contributed by atoms with Gasteiger partial charge in [-0.25, -0.2) is 0 Å². The third-order valence-electron chi connectivity index (χ3n) is 8.05. The fourth-order valence-electron chi connectivity index (χ4n) is 5.53. The minimum atomic E-state index is -0.441. The van der Waals surface area contributed by atoms with Crippen LogP contribution in [0.15, 0.2) is 36.1 Å². The number of ether oxygens (including phenoxy) is 2. The van der Waals surface area contributed by atoms with Crippen molar-refractivity contribution in [3.05, 3.63) is 36.1 Å². The summed E-state index contributed by atoms with van der Waals surface area (Å²) in [5.74, 6) is 1.60. The van der Waals surface area contributed by atoms with E-state index in [0.717, 1.165) is 19.3 Å². The summed E-state index contributed by atoms with van der Waals surface area (Å²) in [6.07, 6.45) is 11.2. The number of aliphatic hydroxyl groups is 1. The fraction of sp³-hybridized carbons (Fsp3) is 0.704. The van der Waals surface area contributed by atoms with Crippen molar-refractivity contribution in [3.8, 4) is 0 Å².